The number of anilines is 1. The van der Waals surface area contributed by atoms with Crippen molar-refractivity contribution in [1.82, 2.24) is 4.90 Å². The van der Waals surface area contributed by atoms with Gasteiger partial charge in [0.1, 0.15) is 12.4 Å². The lowest BCUT2D eigenvalue weighted by Gasteiger charge is -2.28. The van der Waals surface area contributed by atoms with E-state index in [1.807, 2.05) is 55.5 Å². The predicted molar refractivity (Wildman–Crippen MR) is 175 cm³/mol. The second-order valence-electron chi connectivity index (χ2n) is 10.3. The normalized spacial score (nSPS) is 17.7. The number of amides is 1. The fraction of sp³-hybridized carbons (Fsp3) is 0.235. The van der Waals surface area contributed by atoms with Gasteiger partial charge in [0.15, 0.2) is 5.17 Å². The van der Waals surface area contributed by atoms with Crippen LogP contribution in [-0.4, -0.2) is 35.6 Å². The van der Waals surface area contributed by atoms with Gasteiger partial charge in [0, 0.05) is 35.4 Å². The molecule has 4 aromatic rings. The van der Waals surface area contributed by atoms with Gasteiger partial charge in [-0.05, 0) is 109 Å². The van der Waals surface area contributed by atoms with Crippen LogP contribution in [0, 0.1) is 0 Å². The van der Waals surface area contributed by atoms with Gasteiger partial charge in [-0.2, -0.15) is 0 Å². The van der Waals surface area contributed by atoms with Crippen molar-refractivity contribution in [3.05, 3.63) is 105 Å². The van der Waals surface area contributed by atoms with Crippen molar-refractivity contribution in [3.8, 4) is 5.75 Å². The summed E-state index contributed by atoms with van der Waals surface area (Å²) in [7, 11) is 0. The molecule has 208 valence electrons. The maximum Gasteiger partial charge on any atom is 0.266 e. The number of piperidine rings is 1. The van der Waals surface area contributed by atoms with Gasteiger partial charge < -0.3 is 9.64 Å². The highest BCUT2D eigenvalue weighted by molar-refractivity contribution is 9.10. The first-order valence-electron chi connectivity index (χ1n) is 14.1. The van der Waals surface area contributed by atoms with Gasteiger partial charge in [-0.15, -0.1) is 0 Å². The number of thioether (sulfide) groups is 1. The Morgan fingerprint density at radius 3 is 2.49 bits per heavy atom. The fourth-order valence-corrected chi connectivity index (χ4v) is 6.70. The number of halogens is 1. The number of carbonyl (C=O) groups excluding carboxylic acids is 1. The number of amidine groups is 1. The number of likely N-dealkylation sites (N-methyl/N-ethyl adjacent to an activating group) is 1. The Bertz CT molecular complexity index is 1630. The van der Waals surface area contributed by atoms with Gasteiger partial charge in [0.05, 0.1) is 10.6 Å². The SMILES string of the molecule is CCN1C(=O)/C(=C/c2cc(Br)ccc2OCc2ccc3ccccc3c2)SC1=Nc1ccc(N2CCCCC2)cc1. The first-order valence-corrected chi connectivity index (χ1v) is 15.7. The minimum Gasteiger partial charge on any atom is -0.488 e. The van der Waals surface area contributed by atoms with Crippen LogP contribution < -0.4 is 9.64 Å². The van der Waals surface area contributed by atoms with E-state index in [0.717, 1.165) is 40.1 Å². The molecule has 0 bridgehead atoms. The van der Waals surface area contributed by atoms with E-state index >= 15 is 0 Å². The van der Waals surface area contributed by atoms with Crippen molar-refractivity contribution in [2.24, 2.45) is 4.99 Å². The number of carbonyl (C=O) groups is 1. The average molecular weight is 627 g/mol. The fourth-order valence-electron chi connectivity index (χ4n) is 5.27. The van der Waals surface area contributed by atoms with Crippen molar-refractivity contribution in [2.75, 3.05) is 24.5 Å². The number of benzene rings is 4. The van der Waals surface area contributed by atoms with Gasteiger partial charge in [-0.1, -0.05) is 52.3 Å². The highest BCUT2D eigenvalue weighted by Crippen LogP contribution is 2.36. The highest BCUT2D eigenvalue weighted by atomic mass is 79.9. The van der Waals surface area contributed by atoms with Gasteiger partial charge in [-0.3, -0.25) is 9.69 Å². The third-order valence-electron chi connectivity index (χ3n) is 7.47. The minimum atomic E-state index is -0.0401. The second-order valence-corrected chi connectivity index (χ2v) is 12.2. The Hall–Kier alpha value is -3.55. The van der Waals surface area contributed by atoms with Gasteiger partial charge in [-0.25, -0.2) is 4.99 Å². The number of rotatable bonds is 7. The van der Waals surface area contributed by atoms with E-state index in [2.05, 4.69) is 63.3 Å². The number of nitrogens with zero attached hydrogens (tertiary/aromatic N) is 3. The Morgan fingerprint density at radius 2 is 1.71 bits per heavy atom. The lowest BCUT2D eigenvalue weighted by atomic mass is 10.1. The van der Waals surface area contributed by atoms with Crippen LogP contribution >= 0.6 is 27.7 Å². The minimum absolute atomic E-state index is 0.0401. The predicted octanol–water partition coefficient (Wildman–Crippen LogP) is 8.80. The van der Waals surface area contributed by atoms with Crippen molar-refractivity contribution in [2.45, 2.75) is 32.8 Å². The van der Waals surface area contributed by atoms with Crippen LogP contribution in [0.3, 0.4) is 0 Å². The van der Waals surface area contributed by atoms with Crippen molar-refractivity contribution in [1.29, 1.82) is 0 Å². The molecule has 0 aliphatic carbocycles. The summed E-state index contributed by atoms with van der Waals surface area (Å²) in [4.78, 5) is 23.1. The number of hydrogen-bond donors (Lipinski definition) is 0. The van der Waals surface area contributed by atoms with Gasteiger partial charge in [0.2, 0.25) is 0 Å². The molecule has 2 saturated heterocycles. The molecular weight excluding hydrogens is 594 g/mol. The van der Waals surface area contributed by atoms with E-state index in [9.17, 15) is 4.79 Å². The molecule has 2 fully saturated rings. The molecule has 41 heavy (non-hydrogen) atoms. The molecule has 0 unspecified atom stereocenters. The summed E-state index contributed by atoms with van der Waals surface area (Å²) in [5.74, 6) is 0.686. The van der Waals surface area contributed by atoms with Crippen molar-refractivity contribution in [3.63, 3.8) is 0 Å². The number of fused-ring (bicyclic) bond motifs is 1. The first-order chi connectivity index (χ1) is 20.1. The van der Waals surface area contributed by atoms with Crippen LogP contribution in [0.5, 0.6) is 5.75 Å². The van der Waals surface area contributed by atoms with E-state index in [4.69, 9.17) is 9.73 Å². The average Bonchev–Trinajstić information content (AvgIpc) is 3.30. The van der Waals surface area contributed by atoms with Crippen LogP contribution in [0.4, 0.5) is 11.4 Å². The van der Waals surface area contributed by atoms with Crippen LogP contribution in [-0.2, 0) is 11.4 Å². The summed E-state index contributed by atoms with van der Waals surface area (Å²) in [6.07, 6.45) is 5.72. The summed E-state index contributed by atoms with van der Waals surface area (Å²) in [6, 6.07) is 28.9. The van der Waals surface area contributed by atoms with Crippen LogP contribution in [0.2, 0.25) is 0 Å². The number of aliphatic imine (C=N–C) groups is 1. The Kier molecular flexibility index (Phi) is 8.44. The van der Waals surface area contributed by atoms with E-state index in [0.29, 0.717) is 23.2 Å². The smallest absolute Gasteiger partial charge is 0.266 e. The zero-order chi connectivity index (χ0) is 28.2. The van der Waals surface area contributed by atoms with E-state index < -0.39 is 0 Å². The molecule has 4 aromatic carbocycles. The van der Waals surface area contributed by atoms with Crippen LogP contribution in [0.15, 0.2) is 99.3 Å². The van der Waals surface area contributed by atoms with Gasteiger partial charge in [0.25, 0.3) is 5.91 Å². The molecule has 0 atom stereocenters. The third-order valence-corrected chi connectivity index (χ3v) is 8.97. The second kappa shape index (κ2) is 12.5. The first kappa shape index (κ1) is 27.6. The molecule has 2 aliphatic rings. The molecule has 0 radical (unpaired) electrons. The molecule has 5 nitrogen and oxygen atoms in total. The van der Waals surface area contributed by atoms with E-state index in [-0.39, 0.29) is 5.91 Å². The third kappa shape index (κ3) is 6.36. The van der Waals surface area contributed by atoms with E-state index in [1.54, 1.807) is 4.90 Å². The molecule has 0 saturated carbocycles. The standard InChI is InChI=1S/C34H32BrN3O2S/c1-2-38-33(39)32(41-34(38)36-29-13-15-30(16-14-29)37-18-6-3-7-19-37)22-27-21-28(35)12-17-31(27)40-23-24-10-11-25-8-4-5-9-26(25)20-24/h4-5,8-17,20-22H,2-3,6-7,18-19,23H2,1H3/b32-22-,36-34?. The summed E-state index contributed by atoms with van der Waals surface area (Å²) in [6.45, 7) is 5.19. The Balaban J connectivity index is 1.22. The van der Waals surface area contributed by atoms with Crippen LogP contribution in [0.25, 0.3) is 16.8 Å². The molecule has 2 heterocycles. The van der Waals surface area contributed by atoms with Crippen molar-refractivity contribution < 1.29 is 9.53 Å². The summed E-state index contributed by atoms with van der Waals surface area (Å²) in [5.41, 5.74) is 4.03. The molecule has 0 N–H and O–H groups in total. The van der Waals surface area contributed by atoms with E-state index in [1.165, 1.54) is 47.5 Å². The summed E-state index contributed by atoms with van der Waals surface area (Å²) in [5, 5.41) is 3.09. The van der Waals surface area contributed by atoms with Crippen molar-refractivity contribution >= 4 is 67.0 Å². The topological polar surface area (TPSA) is 45.1 Å². The molecule has 6 rings (SSSR count). The molecule has 7 heteroatoms. The van der Waals surface area contributed by atoms with Gasteiger partial charge >= 0.3 is 0 Å². The number of ether oxygens (including phenoxy) is 1. The Morgan fingerprint density at radius 1 is 0.927 bits per heavy atom. The monoisotopic (exact) mass is 625 g/mol. The number of hydrogen-bond acceptors (Lipinski definition) is 5. The maximum atomic E-state index is 13.4. The lowest BCUT2D eigenvalue weighted by molar-refractivity contribution is -0.122. The maximum absolute atomic E-state index is 13.4. The largest absolute Gasteiger partial charge is 0.488 e. The zero-order valence-corrected chi connectivity index (χ0v) is 25.5. The Labute approximate surface area is 254 Å². The zero-order valence-electron chi connectivity index (χ0n) is 23.1. The molecular formula is C34H32BrN3O2S. The lowest BCUT2D eigenvalue weighted by Crippen LogP contribution is -2.29. The quantitative estimate of drug-likeness (QED) is 0.193. The summed E-state index contributed by atoms with van der Waals surface area (Å²) >= 11 is 5.00. The molecule has 1 amide bonds. The van der Waals surface area contributed by atoms with Crippen LogP contribution in [0.1, 0.15) is 37.3 Å². The highest BCUT2D eigenvalue weighted by Gasteiger charge is 2.32. The molecule has 2 aliphatic heterocycles. The molecule has 0 spiro atoms. The molecule has 0 aromatic heterocycles. The summed E-state index contributed by atoms with van der Waals surface area (Å²) < 4.78 is 7.20.